The Morgan fingerprint density at radius 1 is 1.12 bits per heavy atom. The molecule has 0 amide bonds. The predicted molar refractivity (Wildman–Crippen MR) is 124 cm³/mol. The Kier molecular flexibility index (Phi) is 5.88. The van der Waals surface area contributed by atoms with Gasteiger partial charge in [-0.05, 0) is 60.7 Å². The normalized spacial score (nSPS) is 22.2. The molecule has 1 N–H and O–H groups in total. The maximum absolute atomic E-state index is 13.1. The zero-order valence-electron chi connectivity index (χ0n) is 18.2. The summed E-state index contributed by atoms with van der Waals surface area (Å²) in [6.07, 6.45) is 6.06. The monoisotopic (exact) mass is 467 g/mol. The van der Waals surface area contributed by atoms with Gasteiger partial charge in [-0.15, -0.1) is 0 Å². The van der Waals surface area contributed by atoms with Crippen LogP contribution in [0.25, 0.3) is 5.69 Å². The molecule has 2 fully saturated rings. The number of carbonyl (C=O) groups excluding carboxylic acids is 1. The van der Waals surface area contributed by atoms with Crippen molar-refractivity contribution in [1.29, 1.82) is 0 Å². The number of halogens is 1. The molecule has 0 radical (unpaired) electrons. The van der Waals surface area contributed by atoms with Crippen LogP contribution in [0.3, 0.4) is 0 Å². The number of benzene rings is 2. The fourth-order valence-electron chi connectivity index (χ4n) is 4.52. The van der Waals surface area contributed by atoms with Gasteiger partial charge in [0.1, 0.15) is 15.7 Å². The molecule has 1 saturated heterocycles. The lowest BCUT2D eigenvalue weighted by atomic mass is 10.0. The van der Waals surface area contributed by atoms with Crippen molar-refractivity contribution >= 4 is 15.6 Å². The van der Waals surface area contributed by atoms with Gasteiger partial charge in [-0.1, -0.05) is 18.2 Å². The van der Waals surface area contributed by atoms with Crippen molar-refractivity contribution in [1.82, 2.24) is 15.1 Å². The minimum Gasteiger partial charge on any atom is -0.311 e. The zero-order valence-corrected chi connectivity index (χ0v) is 19.0. The Bertz CT molecular complexity index is 1260. The molecule has 2 aliphatic rings. The van der Waals surface area contributed by atoms with Crippen LogP contribution in [0.1, 0.15) is 46.7 Å². The summed E-state index contributed by atoms with van der Waals surface area (Å²) in [5.41, 5.74) is 3.35. The molecule has 3 aromatic rings. The highest BCUT2D eigenvalue weighted by atomic mass is 32.2. The summed E-state index contributed by atoms with van der Waals surface area (Å²) in [5.74, 6) is 0.616. The first kappa shape index (κ1) is 22.0. The summed E-state index contributed by atoms with van der Waals surface area (Å²) < 4.78 is 38.0. The molecule has 0 bridgehead atoms. The Morgan fingerprint density at radius 3 is 2.64 bits per heavy atom. The quantitative estimate of drug-likeness (QED) is 0.539. The molecule has 1 aliphatic heterocycles. The lowest BCUT2D eigenvalue weighted by Crippen LogP contribution is -2.39. The SMILES string of the molecule is O=C(Cc1cnn(-c2ccc(F)cc2)c1)c1cccc(C2CC2NC2CCS(=O)(=O)CC2)c1. The minimum absolute atomic E-state index is 0.0261. The number of nitrogens with one attached hydrogen (secondary N) is 1. The maximum atomic E-state index is 13.1. The first-order valence-electron chi connectivity index (χ1n) is 11.3. The van der Waals surface area contributed by atoms with Crippen LogP contribution >= 0.6 is 0 Å². The van der Waals surface area contributed by atoms with Crippen LogP contribution in [0.5, 0.6) is 0 Å². The lowest BCUT2D eigenvalue weighted by molar-refractivity contribution is 0.0993. The van der Waals surface area contributed by atoms with Gasteiger partial charge in [0, 0.05) is 36.2 Å². The van der Waals surface area contributed by atoms with E-state index in [1.807, 2.05) is 18.2 Å². The first-order chi connectivity index (χ1) is 15.9. The van der Waals surface area contributed by atoms with Crippen LogP contribution in [0.4, 0.5) is 4.39 Å². The van der Waals surface area contributed by atoms with Gasteiger partial charge in [-0.25, -0.2) is 17.5 Å². The standard InChI is InChI=1S/C25H26FN3O3S/c26-20-4-6-22(7-5-20)29-16-17(15-27-29)12-25(30)19-3-1-2-18(13-19)23-14-24(23)28-21-8-10-33(31,32)11-9-21/h1-7,13,15-16,21,23-24,28H,8-12,14H2. The highest BCUT2D eigenvalue weighted by Gasteiger charge is 2.40. The van der Waals surface area contributed by atoms with Gasteiger partial charge in [-0.3, -0.25) is 4.79 Å². The summed E-state index contributed by atoms with van der Waals surface area (Å²) >= 11 is 0. The number of hydrogen-bond acceptors (Lipinski definition) is 5. The van der Waals surface area contributed by atoms with E-state index in [1.165, 1.54) is 12.1 Å². The van der Waals surface area contributed by atoms with Gasteiger partial charge in [0.2, 0.25) is 0 Å². The smallest absolute Gasteiger partial charge is 0.167 e. The molecule has 0 spiro atoms. The number of aromatic nitrogens is 2. The molecule has 2 heterocycles. The predicted octanol–water partition coefficient (Wildman–Crippen LogP) is 3.46. The van der Waals surface area contributed by atoms with Crippen LogP contribution in [-0.4, -0.2) is 47.6 Å². The van der Waals surface area contributed by atoms with Crippen molar-refractivity contribution in [2.45, 2.75) is 43.7 Å². The molecule has 172 valence electrons. The van der Waals surface area contributed by atoms with Crippen LogP contribution in [0.2, 0.25) is 0 Å². The molecule has 2 atom stereocenters. The molecule has 2 aromatic carbocycles. The van der Waals surface area contributed by atoms with E-state index in [2.05, 4.69) is 16.5 Å². The average Bonchev–Trinajstić information content (AvgIpc) is 3.42. The largest absolute Gasteiger partial charge is 0.311 e. The first-order valence-corrected chi connectivity index (χ1v) is 13.1. The van der Waals surface area contributed by atoms with Crippen molar-refractivity contribution in [2.75, 3.05) is 11.5 Å². The number of ketones is 1. The molecular weight excluding hydrogens is 441 g/mol. The number of sulfone groups is 1. The van der Waals surface area contributed by atoms with E-state index in [0.717, 1.165) is 23.2 Å². The Morgan fingerprint density at radius 2 is 1.88 bits per heavy atom. The van der Waals surface area contributed by atoms with Crippen LogP contribution < -0.4 is 5.32 Å². The summed E-state index contributed by atoms with van der Waals surface area (Å²) in [6.45, 7) is 0. The summed E-state index contributed by atoms with van der Waals surface area (Å²) in [6, 6.07) is 14.4. The topological polar surface area (TPSA) is 81.1 Å². The van der Waals surface area contributed by atoms with Crippen LogP contribution in [0, 0.1) is 5.82 Å². The average molecular weight is 468 g/mol. The van der Waals surface area contributed by atoms with Crippen molar-refractivity contribution in [3.63, 3.8) is 0 Å². The van der Waals surface area contributed by atoms with Crippen molar-refractivity contribution < 1.29 is 17.6 Å². The van der Waals surface area contributed by atoms with Gasteiger partial charge in [-0.2, -0.15) is 5.10 Å². The second-order valence-electron chi connectivity index (χ2n) is 9.04. The van der Waals surface area contributed by atoms with E-state index in [1.54, 1.807) is 29.2 Å². The van der Waals surface area contributed by atoms with Crippen molar-refractivity contribution in [2.24, 2.45) is 0 Å². The van der Waals surface area contributed by atoms with Gasteiger partial charge < -0.3 is 5.32 Å². The van der Waals surface area contributed by atoms with Crippen molar-refractivity contribution in [3.05, 3.63) is 83.4 Å². The Balaban J connectivity index is 1.19. The second kappa shape index (κ2) is 8.83. The van der Waals surface area contributed by atoms with E-state index < -0.39 is 9.84 Å². The van der Waals surface area contributed by atoms with E-state index in [4.69, 9.17) is 0 Å². The summed E-state index contributed by atoms with van der Waals surface area (Å²) in [7, 11) is -2.85. The number of Topliss-reactive ketones (excluding diaryl/α,β-unsaturated/α-hetero) is 1. The van der Waals surface area contributed by atoms with Gasteiger partial charge >= 0.3 is 0 Å². The molecule has 2 unspecified atom stereocenters. The fraction of sp³-hybridized carbons (Fsp3) is 0.360. The lowest BCUT2D eigenvalue weighted by Gasteiger charge is -2.23. The van der Waals surface area contributed by atoms with E-state index >= 15 is 0 Å². The fourth-order valence-corrected chi connectivity index (χ4v) is 6.02. The van der Waals surface area contributed by atoms with Crippen LogP contribution in [-0.2, 0) is 16.3 Å². The third-order valence-electron chi connectivity index (χ3n) is 6.52. The molecule has 6 nitrogen and oxygen atoms in total. The number of nitrogens with zero attached hydrogens (tertiary/aromatic N) is 2. The molecule has 1 aliphatic carbocycles. The minimum atomic E-state index is -2.85. The highest BCUT2D eigenvalue weighted by Crippen LogP contribution is 2.41. The second-order valence-corrected chi connectivity index (χ2v) is 11.3. The summed E-state index contributed by atoms with van der Waals surface area (Å²) in [4.78, 5) is 12.9. The third kappa shape index (κ3) is 5.23. The molecule has 1 aromatic heterocycles. The van der Waals surface area contributed by atoms with Gasteiger partial charge in [0.15, 0.2) is 5.78 Å². The Labute approximate surface area is 192 Å². The molecule has 1 saturated carbocycles. The van der Waals surface area contributed by atoms with E-state index in [0.29, 0.717) is 30.4 Å². The highest BCUT2D eigenvalue weighted by molar-refractivity contribution is 7.91. The number of rotatable bonds is 7. The van der Waals surface area contributed by atoms with Crippen LogP contribution in [0.15, 0.2) is 60.9 Å². The summed E-state index contributed by atoms with van der Waals surface area (Å²) in [5, 5.41) is 7.89. The van der Waals surface area contributed by atoms with E-state index in [9.17, 15) is 17.6 Å². The number of carbonyl (C=O) groups is 1. The van der Waals surface area contributed by atoms with Gasteiger partial charge in [0.05, 0.1) is 23.4 Å². The molecule has 5 rings (SSSR count). The zero-order chi connectivity index (χ0) is 23.0. The van der Waals surface area contributed by atoms with Crippen molar-refractivity contribution in [3.8, 4) is 5.69 Å². The molecule has 8 heteroatoms. The maximum Gasteiger partial charge on any atom is 0.167 e. The molecular formula is C25H26FN3O3S. The van der Waals surface area contributed by atoms with E-state index in [-0.39, 0.29) is 35.6 Å². The third-order valence-corrected chi connectivity index (χ3v) is 8.24. The molecule has 33 heavy (non-hydrogen) atoms. The van der Waals surface area contributed by atoms with Gasteiger partial charge in [0.25, 0.3) is 0 Å². The number of hydrogen-bond donors (Lipinski definition) is 1. The Hall–Kier alpha value is -2.84.